The summed E-state index contributed by atoms with van der Waals surface area (Å²) < 4.78 is 6.35. The van der Waals surface area contributed by atoms with Crippen LogP contribution in [0.4, 0.5) is 68.2 Å². The van der Waals surface area contributed by atoms with Crippen molar-refractivity contribution in [2.75, 3.05) is 19.6 Å². The fourth-order valence-corrected chi connectivity index (χ4v) is 10.8. The Labute approximate surface area is 403 Å². The number of hydrogen-bond acceptors (Lipinski definition) is 5. The highest BCUT2D eigenvalue weighted by atomic mass is 16.3. The van der Waals surface area contributed by atoms with E-state index in [1.165, 1.54) is 38.8 Å². The smallest absolute Gasteiger partial charge is 0.252 e. The molecule has 2 aliphatic rings. The summed E-state index contributed by atoms with van der Waals surface area (Å²) in [5.41, 5.74) is 22.5. The lowest BCUT2D eigenvalue weighted by Crippen LogP contribution is -2.61. The van der Waals surface area contributed by atoms with Crippen LogP contribution >= 0.6 is 0 Å². The van der Waals surface area contributed by atoms with Gasteiger partial charge in [-0.25, -0.2) is 0 Å². The third-order valence-corrected chi connectivity index (χ3v) is 14.0. The van der Waals surface area contributed by atoms with Crippen LogP contribution in [0.3, 0.4) is 0 Å². The number of para-hydroxylation sites is 4. The standard InChI is InChI=1S/C63H47BN4O/c1-42-23-28-48(29-24-42)67-57-35-27-44(3)37-56(57)64-55-34-32-51(66(47-19-11-6-12-20-47)50-33-36-62-54(38-50)53-21-13-14-22-61(53)69-62)39-58(55)68(49-30-25-43(2)26-31-49)60-41-52(40-59(67)63(60)64)65(45-15-7-4-8-16-45)46-17-9-5-10-18-46/h4-41H,1-3H3. The zero-order valence-electron chi connectivity index (χ0n) is 38.7. The van der Waals surface area contributed by atoms with Gasteiger partial charge in [0.05, 0.1) is 5.69 Å². The molecular weight excluding hydrogens is 840 g/mol. The largest absolute Gasteiger partial charge is 0.456 e. The van der Waals surface area contributed by atoms with Gasteiger partial charge in [0.15, 0.2) is 0 Å². The van der Waals surface area contributed by atoms with E-state index in [2.05, 4.69) is 259 Å². The Kier molecular flexibility index (Phi) is 9.55. The summed E-state index contributed by atoms with van der Waals surface area (Å²) in [5, 5.41) is 2.19. The topological polar surface area (TPSA) is 26.1 Å². The van der Waals surface area contributed by atoms with Crippen LogP contribution < -0.4 is 36.0 Å². The van der Waals surface area contributed by atoms with Gasteiger partial charge in [-0.3, -0.25) is 0 Å². The maximum absolute atomic E-state index is 6.35. The Morgan fingerprint density at radius 3 is 1.42 bits per heavy atom. The fourth-order valence-electron chi connectivity index (χ4n) is 10.8. The van der Waals surface area contributed by atoms with E-state index in [-0.39, 0.29) is 6.71 Å². The van der Waals surface area contributed by atoms with Gasteiger partial charge in [0.1, 0.15) is 11.2 Å². The summed E-state index contributed by atoms with van der Waals surface area (Å²) in [6.45, 7) is 6.48. The van der Waals surface area contributed by atoms with E-state index >= 15 is 0 Å². The van der Waals surface area contributed by atoms with Crippen molar-refractivity contribution >= 4 is 113 Å². The summed E-state index contributed by atoms with van der Waals surface area (Å²) in [6.07, 6.45) is 0. The molecule has 0 radical (unpaired) electrons. The molecule has 2 aliphatic heterocycles. The predicted octanol–water partition coefficient (Wildman–Crippen LogP) is 15.5. The van der Waals surface area contributed by atoms with Crippen molar-refractivity contribution in [2.45, 2.75) is 20.8 Å². The summed E-state index contributed by atoms with van der Waals surface area (Å²) in [7, 11) is 0. The van der Waals surface area contributed by atoms with E-state index < -0.39 is 0 Å². The second kappa shape index (κ2) is 16.3. The van der Waals surface area contributed by atoms with Crippen LogP contribution in [0.2, 0.25) is 0 Å². The highest BCUT2D eigenvalue weighted by Crippen LogP contribution is 2.49. The molecule has 13 rings (SSSR count). The highest BCUT2D eigenvalue weighted by Gasteiger charge is 2.44. The molecule has 328 valence electrons. The molecule has 69 heavy (non-hydrogen) atoms. The Morgan fingerprint density at radius 1 is 0.333 bits per heavy atom. The number of fused-ring (bicyclic) bond motifs is 7. The molecule has 0 unspecified atom stereocenters. The minimum absolute atomic E-state index is 0.0629. The fraction of sp³-hybridized carbons (Fsp3) is 0.0476. The van der Waals surface area contributed by atoms with E-state index in [1.807, 2.05) is 12.1 Å². The van der Waals surface area contributed by atoms with Crippen molar-refractivity contribution in [1.29, 1.82) is 0 Å². The van der Waals surface area contributed by atoms with Crippen molar-refractivity contribution in [3.8, 4) is 0 Å². The monoisotopic (exact) mass is 886 g/mol. The van der Waals surface area contributed by atoms with E-state index in [4.69, 9.17) is 4.42 Å². The first kappa shape index (κ1) is 40.5. The van der Waals surface area contributed by atoms with E-state index in [0.717, 1.165) is 84.5 Å². The zero-order chi connectivity index (χ0) is 46.2. The van der Waals surface area contributed by atoms with Crippen molar-refractivity contribution in [2.24, 2.45) is 0 Å². The van der Waals surface area contributed by atoms with E-state index in [1.54, 1.807) is 0 Å². The Hall–Kier alpha value is -8.74. The molecule has 0 saturated heterocycles. The highest BCUT2D eigenvalue weighted by molar-refractivity contribution is 7.00. The number of hydrogen-bond donors (Lipinski definition) is 0. The van der Waals surface area contributed by atoms with Crippen LogP contribution in [0.1, 0.15) is 16.7 Å². The number of anilines is 12. The number of furan rings is 1. The van der Waals surface area contributed by atoms with Gasteiger partial charge >= 0.3 is 0 Å². The minimum Gasteiger partial charge on any atom is -0.456 e. The molecule has 0 spiro atoms. The van der Waals surface area contributed by atoms with Crippen molar-refractivity contribution < 1.29 is 4.42 Å². The van der Waals surface area contributed by atoms with Crippen LogP contribution in [0.15, 0.2) is 235 Å². The SMILES string of the molecule is Cc1ccc(N2c3ccc(C)cc3B3c4ccc(N(c5ccccc5)c5ccc6oc7ccccc7c6c5)cc4N(c4ccc(C)cc4)c4cc(N(c5ccccc5)c5ccccc5)cc2c43)cc1. The summed E-state index contributed by atoms with van der Waals surface area (Å²) in [5.74, 6) is 0. The molecule has 0 N–H and O–H groups in total. The lowest BCUT2D eigenvalue weighted by molar-refractivity contribution is 0.669. The Bertz CT molecular complexity index is 3680. The number of rotatable bonds is 8. The normalized spacial score (nSPS) is 12.5. The van der Waals surface area contributed by atoms with E-state index in [9.17, 15) is 0 Å². The minimum atomic E-state index is -0.0629. The summed E-state index contributed by atoms with van der Waals surface area (Å²) >= 11 is 0. The van der Waals surface area contributed by atoms with Crippen molar-refractivity contribution in [3.63, 3.8) is 0 Å². The molecule has 6 heteroatoms. The van der Waals surface area contributed by atoms with Crippen LogP contribution in [0.5, 0.6) is 0 Å². The molecule has 0 fully saturated rings. The molecule has 0 atom stereocenters. The first-order chi connectivity index (χ1) is 33.9. The lowest BCUT2D eigenvalue weighted by atomic mass is 9.33. The second-order valence-electron chi connectivity index (χ2n) is 18.4. The molecule has 11 aromatic rings. The molecule has 0 aliphatic carbocycles. The third-order valence-electron chi connectivity index (χ3n) is 14.0. The molecule has 0 amide bonds. The van der Waals surface area contributed by atoms with Gasteiger partial charge in [-0.15, -0.1) is 0 Å². The predicted molar refractivity (Wildman–Crippen MR) is 291 cm³/mol. The number of benzene rings is 10. The quantitative estimate of drug-likeness (QED) is 0.142. The van der Waals surface area contributed by atoms with Gasteiger partial charge in [-0.2, -0.15) is 0 Å². The lowest BCUT2D eigenvalue weighted by Gasteiger charge is -2.45. The Morgan fingerprint density at radius 2 is 0.812 bits per heavy atom. The van der Waals surface area contributed by atoms with Gasteiger partial charge in [0, 0.05) is 73.3 Å². The van der Waals surface area contributed by atoms with Gasteiger partial charge < -0.3 is 24.0 Å². The maximum atomic E-state index is 6.35. The maximum Gasteiger partial charge on any atom is 0.252 e. The first-order valence-corrected chi connectivity index (χ1v) is 23.8. The molecule has 3 heterocycles. The number of nitrogens with zero attached hydrogens (tertiary/aromatic N) is 4. The van der Waals surface area contributed by atoms with Gasteiger partial charge in [-0.1, -0.05) is 132 Å². The summed E-state index contributed by atoms with van der Waals surface area (Å²) in [4.78, 5) is 9.81. The van der Waals surface area contributed by atoms with Crippen LogP contribution in [-0.4, -0.2) is 6.71 Å². The average Bonchev–Trinajstić information content (AvgIpc) is 3.76. The van der Waals surface area contributed by atoms with Gasteiger partial charge in [-0.05, 0) is 152 Å². The molecule has 0 bridgehead atoms. The van der Waals surface area contributed by atoms with E-state index in [0.29, 0.717) is 0 Å². The average molecular weight is 887 g/mol. The molecule has 10 aromatic carbocycles. The number of aryl methyl sites for hydroxylation is 3. The van der Waals surface area contributed by atoms with Crippen LogP contribution in [0.25, 0.3) is 21.9 Å². The zero-order valence-corrected chi connectivity index (χ0v) is 38.7. The van der Waals surface area contributed by atoms with Crippen molar-refractivity contribution in [3.05, 3.63) is 247 Å². The first-order valence-electron chi connectivity index (χ1n) is 23.8. The molecule has 5 nitrogen and oxygen atoms in total. The second-order valence-corrected chi connectivity index (χ2v) is 18.4. The van der Waals surface area contributed by atoms with Crippen molar-refractivity contribution in [1.82, 2.24) is 0 Å². The van der Waals surface area contributed by atoms with Gasteiger partial charge in [0.2, 0.25) is 0 Å². The molecular formula is C63H47BN4O. The third kappa shape index (κ3) is 6.78. The van der Waals surface area contributed by atoms with Gasteiger partial charge in [0.25, 0.3) is 6.71 Å². The van der Waals surface area contributed by atoms with Crippen LogP contribution in [0, 0.1) is 20.8 Å². The molecule has 0 saturated carbocycles. The van der Waals surface area contributed by atoms with Crippen LogP contribution in [-0.2, 0) is 0 Å². The molecule has 1 aromatic heterocycles. The Balaban J connectivity index is 1.11. The summed E-state index contributed by atoms with van der Waals surface area (Å²) in [6, 6.07) is 84.2.